The molecular formula is C21H17N3O5. The lowest BCUT2D eigenvalue weighted by atomic mass is 10.1. The van der Waals surface area contributed by atoms with Gasteiger partial charge >= 0.3 is 5.97 Å². The first-order chi connectivity index (χ1) is 13.9. The lowest BCUT2D eigenvalue weighted by molar-refractivity contribution is -0.149. The summed E-state index contributed by atoms with van der Waals surface area (Å²) in [4.78, 5) is 55.0. The highest BCUT2D eigenvalue weighted by Gasteiger charge is 2.41. The molecule has 3 aromatic rings. The summed E-state index contributed by atoms with van der Waals surface area (Å²) in [6, 6.07) is 11.8. The van der Waals surface area contributed by atoms with Gasteiger partial charge in [0.25, 0.3) is 17.4 Å². The highest BCUT2D eigenvalue weighted by molar-refractivity contribution is 6.22. The molecule has 3 heterocycles. The molecule has 0 radical (unpaired) electrons. The van der Waals surface area contributed by atoms with Crippen LogP contribution in [0.4, 0.5) is 0 Å². The predicted molar refractivity (Wildman–Crippen MR) is 102 cm³/mol. The second-order valence-corrected chi connectivity index (χ2v) is 6.76. The van der Waals surface area contributed by atoms with Crippen LogP contribution in [0.1, 0.15) is 39.0 Å². The van der Waals surface area contributed by atoms with E-state index in [1.807, 2.05) is 0 Å². The smallest absolute Gasteiger partial charge is 0.329 e. The molecule has 0 N–H and O–H groups in total. The first-order valence-electron chi connectivity index (χ1n) is 9.00. The maximum absolute atomic E-state index is 12.5. The third-order valence-corrected chi connectivity index (χ3v) is 4.85. The van der Waals surface area contributed by atoms with Crippen molar-refractivity contribution in [2.24, 2.45) is 0 Å². The van der Waals surface area contributed by atoms with Gasteiger partial charge in [0.2, 0.25) is 0 Å². The van der Waals surface area contributed by atoms with Crippen molar-refractivity contribution in [2.45, 2.75) is 26.5 Å². The number of imide groups is 1. The monoisotopic (exact) mass is 391 g/mol. The van der Waals surface area contributed by atoms with Crippen LogP contribution in [0.3, 0.4) is 0 Å². The van der Waals surface area contributed by atoms with Gasteiger partial charge in [0.05, 0.1) is 16.8 Å². The highest BCUT2D eigenvalue weighted by Crippen LogP contribution is 2.24. The van der Waals surface area contributed by atoms with E-state index in [-0.39, 0.29) is 29.0 Å². The van der Waals surface area contributed by atoms with E-state index in [9.17, 15) is 19.2 Å². The normalized spacial score (nSPS) is 14.2. The average molecular weight is 391 g/mol. The molecule has 2 amide bonds. The summed E-state index contributed by atoms with van der Waals surface area (Å²) < 4.78 is 6.69. The average Bonchev–Trinajstić information content (AvgIpc) is 2.96. The minimum Gasteiger partial charge on any atom is -0.458 e. The first-order valence-corrected chi connectivity index (χ1v) is 9.00. The van der Waals surface area contributed by atoms with Crippen LogP contribution in [-0.2, 0) is 16.1 Å². The number of carbonyl (C=O) groups excluding carboxylic acids is 3. The Bertz CT molecular complexity index is 1200. The summed E-state index contributed by atoms with van der Waals surface area (Å²) in [5.41, 5.74) is 1.70. The van der Waals surface area contributed by atoms with E-state index < -0.39 is 23.8 Å². The Morgan fingerprint density at radius 3 is 2.34 bits per heavy atom. The highest BCUT2D eigenvalue weighted by atomic mass is 16.5. The van der Waals surface area contributed by atoms with Crippen LogP contribution in [0.5, 0.6) is 0 Å². The van der Waals surface area contributed by atoms with E-state index in [0.717, 1.165) is 10.6 Å². The molecule has 1 aromatic carbocycles. The van der Waals surface area contributed by atoms with Crippen molar-refractivity contribution in [1.29, 1.82) is 0 Å². The molecule has 2 aromatic heterocycles. The van der Waals surface area contributed by atoms with Crippen molar-refractivity contribution < 1.29 is 19.1 Å². The number of carbonyl (C=O) groups is 3. The zero-order chi connectivity index (χ0) is 20.7. The van der Waals surface area contributed by atoms with Gasteiger partial charge in [-0.2, -0.15) is 0 Å². The Morgan fingerprint density at radius 1 is 1.03 bits per heavy atom. The van der Waals surface area contributed by atoms with E-state index >= 15 is 0 Å². The van der Waals surface area contributed by atoms with Crippen LogP contribution >= 0.6 is 0 Å². The summed E-state index contributed by atoms with van der Waals surface area (Å²) in [6.45, 7) is 2.97. The fourth-order valence-electron chi connectivity index (χ4n) is 3.37. The minimum absolute atomic E-state index is 0.244. The van der Waals surface area contributed by atoms with Gasteiger partial charge in [-0.1, -0.05) is 18.2 Å². The summed E-state index contributed by atoms with van der Waals surface area (Å²) in [7, 11) is 0. The van der Waals surface area contributed by atoms with Crippen LogP contribution in [0, 0.1) is 6.92 Å². The molecule has 8 heteroatoms. The maximum atomic E-state index is 12.5. The Hall–Kier alpha value is -3.81. The van der Waals surface area contributed by atoms with Crippen LogP contribution in [0.15, 0.2) is 53.3 Å². The Labute approximate surface area is 165 Å². The Morgan fingerprint density at radius 2 is 1.69 bits per heavy atom. The van der Waals surface area contributed by atoms with E-state index in [1.54, 1.807) is 49.4 Å². The number of nitrogens with zero attached hydrogens (tertiary/aromatic N) is 3. The lowest BCUT2D eigenvalue weighted by Gasteiger charge is -2.20. The topological polar surface area (TPSA) is 98.0 Å². The van der Waals surface area contributed by atoms with Gasteiger partial charge < -0.3 is 4.74 Å². The van der Waals surface area contributed by atoms with Crippen LogP contribution < -0.4 is 5.56 Å². The number of aromatic nitrogens is 2. The van der Waals surface area contributed by atoms with Crippen molar-refractivity contribution in [3.63, 3.8) is 0 Å². The number of aryl methyl sites for hydroxylation is 1. The van der Waals surface area contributed by atoms with E-state index in [0.29, 0.717) is 5.65 Å². The number of amides is 2. The summed E-state index contributed by atoms with van der Waals surface area (Å²) in [5, 5.41) is 0. The number of hydrogen-bond acceptors (Lipinski definition) is 6. The molecule has 0 unspecified atom stereocenters. The fraction of sp³-hybridized carbons (Fsp3) is 0.190. The van der Waals surface area contributed by atoms with Crippen LogP contribution in [-0.4, -0.2) is 38.1 Å². The molecule has 4 rings (SSSR count). The molecule has 1 aliphatic heterocycles. The standard InChI is InChI=1S/C21H17N3O5/c1-12-6-5-9-17-22-14(10-18(25)23(12)17)11-29-21(28)13(2)24-19(26)15-7-3-4-8-16(15)20(24)27/h3-10,13H,11H2,1-2H3/t13-/m0/s1. The van der Waals surface area contributed by atoms with Gasteiger partial charge in [-0.3, -0.25) is 23.7 Å². The fourth-order valence-corrected chi connectivity index (χ4v) is 3.37. The van der Waals surface area contributed by atoms with Crippen molar-refractivity contribution in [2.75, 3.05) is 0 Å². The van der Waals surface area contributed by atoms with Gasteiger partial charge in [-0.05, 0) is 38.1 Å². The molecule has 146 valence electrons. The molecule has 0 bridgehead atoms. The Balaban J connectivity index is 1.51. The number of hydrogen-bond donors (Lipinski definition) is 0. The Kier molecular flexibility index (Phi) is 4.46. The summed E-state index contributed by atoms with van der Waals surface area (Å²) in [6.07, 6.45) is 0. The van der Waals surface area contributed by atoms with Crippen LogP contribution in [0.25, 0.3) is 5.65 Å². The molecule has 0 fully saturated rings. The first kappa shape index (κ1) is 18.5. The third kappa shape index (κ3) is 3.08. The summed E-state index contributed by atoms with van der Waals surface area (Å²) in [5.74, 6) is -1.83. The van der Waals surface area contributed by atoms with E-state index in [4.69, 9.17) is 4.74 Å². The SMILES string of the molecule is Cc1cccc2nc(COC(=O)[C@H](C)N3C(=O)c4ccccc4C3=O)cc(=O)n12. The molecule has 8 nitrogen and oxygen atoms in total. The van der Waals surface area contributed by atoms with Gasteiger partial charge in [0.1, 0.15) is 18.3 Å². The molecule has 29 heavy (non-hydrogen) atoms. The van der Waals surface area contributed by atoms with Gasteiger partial charge in [-0.25, -0.2) is 9.78 Å². The van der Waals surface area contributed by atoms with Crippen molar-refractivity contribution in [3.05, 3.63) is 81.4 Å². The van der Waals surface area contributed by atoms with Crippen molar-refractivity contribution >= 4 is 23.4 Å². The molecule has 0 saturated heterocycles. The summed E-state index contributed by atoms with van der Waals surface area (Å²) >= 11 is 0. The number of rotatable bonds is 4. The van der Waals surface area contributed by atoms with E-state index in [2.05, 4.69) is 4.98 Å². The number of fused-ring (bicyclic) bond motifs is 2. The zero-order valence-corrected chi connectivity index (χ0v) is 15.8. The second-order valence-electron chi connectivity index (χ2n) is 6.76. The molecule has 1 atom stereocenters. The molecule has 0 saturated carbocycles. The molecule has 0 aliphatic carbocycles. The number of esters is 1. The minimum atomic E-state index is -1.11. The predicted octanol–water partition coefficient (Wildman–Crippen LogP) is 1.73. The molecule has 0 spiro atoms. The van der Waals surface area contributed by atoms with E-state index in [1.165, 1.54) is 17.4 Å². The number of ether oxygens (including phenoxy) is 1. The maximum Gasteiger partial charge on any atom is 0.329 e. The third-order valence-electron chi connectivity index (χ3n) is 4.85. The van der Waals surface area contributed by atoms with Gasteiger partial charge in [-0.15, -0.1) is 0 Å². The van der Waals surface area contributed by atoms with Crippen molar-refractivity contribution in [3.8, 4) is 0 Å². The lowest BCUT2D eigenvalue weighted by Crippen LogP contribution is -2.43. The zero-order valence-electron chi connectivity index (χ0n) is 15.8. The largest absolute Gasteiger partial charge is 0.458 e. The quantitative estimate of drug-likeness (QED) is 0.496. The molecule has 1 aliphatic rings. The number of benzene rings is 1. The van der Waals surface area contributed by atoms with Crippen LogP contribution in [0.2, 0.25) is 0 Å². The van der Waals surface area contributed by atoms with Gasteiger partial charge in [0.15, 0.2) is 0 Å². The number of pyridine rings is 1. The van der Waals surface area contributed by atoms with Crippen molar-refractivity contribution in [1.82, 2.24) is 14.3 Å². The van der Waals surface area contributed by atoms with Gasteiger partial charge in [0, 0.05) is 11.8 Å². The second kappa shape index (κ2) is 6.97. The molecular weight excluding hydrogens is 374 g/mol.